The minimum atomic E-state index is -0.417. The minimum Gasteiger partial charge on any atom is -0.371 e. The second-order valence-electron chi connectivity index (χ2n) is 8.86. The van der Waals surface area contributed by atoms with Crippen molar-refractivity contribution in [3.05, 3.63) is 69.9 Å². The van der Waals surface area contributed by atoms with Crippen molar-refractivity contribution in [1.29, 1.82) is 0 Å². The van der Waals surface area contributed by atoms with Crippen LogP contribution in [-0.4, -0.2) is 46.9 Å². The van der Waals surface area contributed by atoms with Gasteiger partial charge < -0.3 is 14.8 Å². The first-order valence-electron chi connectivity index (χ1n) is 11.5. The molecule has 0 radical (unpaired) electrons. The zero-order chi connectivity index (χ0) is 22.1. The third-order valence-electron chi connectivity index (χ3n) is 6.96. The highest BCUT2D eigenvalue weighted by atomic mass is 16.6. The number of hydrogen-bond donors (Lipinski definition) is 1. The van der Waals surface area contributed by atoms with Gasteiger partial charge in [-0.2, -0.15) is 0 Å². The van der Waals surface area contributed by atoms with Gasteiger partial charge in [0.25, 0.3) is 11.6 Å². The van der Waals surface area contributed by atoms with Gasteiger partial charge in [0.05, 0.1) is 16.2 Å². The van der Waals surface area contributed by atoms with E-state index < -0.39 is 4.92 Å². The molecule has 2 aliphatic heterocycles. The predicted molar refractivity (Wildman–Crippen MR) is 125 cm³/mol. The van der Waals surface area contributed by atoms with E-state index in [9.17, 15) is 14.9 Å². The summed E-state index contributed by atoms with van der Waals surface area (Å²) in [6, 6.07) is 13.1. The first-order chi connectivity index (χ1) is 15.6. The lowest BCUT2D eigenvalue weighted by molar-refractivity contribution is -0.384. The maximum Gasteiger partial charge on any atom is 0.270 e. The topological polar surface area (TPSA) is 82.5 Å². The molecular weight excluding hydrogens is 404 g/mol. The number of non-ortho nitro benzene ring substituents is 1. The minimum absolute atomic E-state index is 0.0252. The van der Waals surface area contributed by atoms with Gasteiger partial charge in [-0.05, 0) is 55.7 Å². The molecule has 1 amide bonds. The van der Waals surface area contributed by atoms with Crippen LogP contribution < -0.4 is 4.90 Å². The molecular formula is C25H28N4O3. The summed E-state index contributed by atoms with van der Waals surface area (Å²) >= 11 is 0. The molecule has 2 fully saturated rings. The fourth-order valence-corrected chi connectivity index (χ4v) is 5.22. The van der Waals surface area contributed by atoms with Crippen LogP contribution in [0.5, 0.6) is 0 Å². The lowest BCUT2D eigenvalue weighted by atomic mass is 9.89. The summed E-state index contributed by atoms with van der Waals surface area (Å²) in [5, 5.41) is 12.6. The average Bonchev–Trinajstić information content (AvgIpc) is 3.28. The number of aromatic amines is 1. The molecule has 3 heterocycles. The van der Waals surface area contributed by atoms with E-state index in [1.54, 1.807) is 6.07 Å². The van der Waals surface area contributed by atoms with Crippen molar-refractivity contribution in [3.8, 4) is 0 Å². The monoisotopic (exact) mass is 432 g/mol. The Morgan fingerprint density at radius 3 is 2.50 bits per heavy atom. The Morgan fingerprint density at radius 2 is 1.75 bits per heavy atom. The Kier molecular flexibility index (Phi) is 5.55. The Morgan fingerprint density at radius 1 is 1.00 bits per heavy atom. The zero-order valence-electron chi connectivity index (χ0n) is 18.1. The summed E-state index contributed by atoms with van der Waals surface area (Å²) in [4.78, 5) is 31.9. The molecule has 0 atom stereocenters. The van der Waals surface area contributed by atoms with Crippen LogP contribution >= 0.6 is 0 Å². The summed E-state index contributed by atoms with van der Waals surface area (Å²) in [7, 11) is 0. The Bertz CT molecular complexity index is 1140. The van der Waals surface area contributed by atoms with Crippen molar-refractivity contribution in [2.75, 3.05) is 31.1 Å². The number of nitrogens with zero attached hydrogens (tertiary/aromatic N) is 3. The van der Waals surface area contributed by atoms with Crippen LogP contribution in [0.3, 0.4) is 0 Å². The molecule has 0 aliphatic carbocycles. The molecule has 2 aliphatic rings. The number of H-pyrrole nitrogens is 1. The number of fused-ring (bicyclic) bond motifs is 1. The van der Waals surface area contributed by atoms with Crippen LogP contribution in [0.1, 0.15) is 53.9 Å². The number of nitro benzene ring substituents is 1. The van der Waals surface area contributed by atoms with Gasteiger partial charge in [0, 0.05) is 55.4 Å². The fourth-order valence-electron chi connectivity index (χ4n) is 5.22. The third kappa shape index (κ3) is 3.83. The molecule has 32 heavy (non-hydrogen) atoms. The maximum absolute atomic E-state index is 13.5. The lowest BCUT2D eigenvalue weighted by Gasteiger charge is -2.34. The van der Waals surface area contributed by atoms with Crippen LogP contribution in [0.2, 0.25) is 0 Å². The molecule has 166 valence electrons. The highest BCUT2D eigenvalue weighted by Gasteiger charge is 2.29. The number of amides is 1. The van der Waals surface area contributed by atoms with E-state index in [0.29, 0.717) is 24.6 Å². The number of carbonyl (C=O) groups is 1. The van der Waals surface area contributed by atoms with Crippen molar-refractivity contribution >= 4 is 28.2 Å². The molecule has 1 aromatic heterocycles. The molecule has 0 bridgehead atoms. The lowest BCUT2D eigenvalue weighted by Crippen LogP contribution is -2.39. The van der Waals surface area contributed by atoms with E-state index >= 15 is 0 Å². The molecule has 0 unspecified atom stereocenters. The van der Waals surface area contributed by atoms with Crippen LogP contribution in [0.25, 0.3) is 10.9 Å². The normalized spacial score (nSPS) is 17.6. The van der Waals surface area contributed by atoms with Crippen molar-refractivity contribution in [1.82, 2.24) is 9.88 Å². The second kappa shape index (κ2) is 8.65. The number of benzene rings is 2. The molecule has 2 saturated heterocycles. The van der Waals surface area contributed by atoms with Crippen molar-refractivity contribution in [2.45, 2.75) is 38.0 Å². The van der Waals surface area contributed by atoms with Gasteiger partial charge in [-0.15, -0.1) is 0 Å². The molecule has 1 N–H and O–H groups in total. The smallest absolute Gasteiger partial charge is 0.270 e. The van der Waals surface area contributed by atoms with Crippen LogP contribution in [0.15, 0.2) is 48.7 Å². The highest BCUT2D eigenvalue weighted by Crippen LogP contribution is 2.35. The van der Waals surface area contributed by atoms with Crippen LogP contribution in [0.4, 0.5) is 11.4 Å². The predicted octanol–water partition coefficient (Wildman–Crippen LogP) is 5.09. The van der Waals surface area contributed by atoms with E-state index in [0.717, 1.165) is 50.0 Å². The first-order valence-corrected chi connectivity index (χ1v) is 11.5. The van der Waals surface area contributed by atoms with Crippen molar-refractivity contribution in [2.24, 2.45) is 0 Å². The quantitative estimate of drug-likeness (QED) is 0.460. The summed E-state index contributed by atoms with van der Waals surface area (Å²) in [6.45, 7) is 3.09. The molecule has 3 aromatic rings. The van der Waals surface area contributed by atoms with E-state index in [4.69, 9.17) is 0 Å². The fraction of sp³-hybridized carbons (Fsp3) is 0.400. The second-order valence-corrected chi connectivity index (χ2v) is 8.86. The molecule has 0 spiro atoms. The van der Waals surface area contributed by atoms with Crippen molar-refractivity contribution in [3.63, 3.8) is 0 Å². The van der Waals surface area contributed by atoms with Crippen molar-refractivity contribution < 1.29 is 9.72 Å². The standard InChI is InChI=1S/C25H28N4O3/c30-25(21-16-19(29(31)32)8-9-24(21)27-12-4-1-5-13-27)28-14-10-18(11-15-28)22-17-26-23-7-3-2-6-20(22)23/h2-3,6-9,16-18,26H,1,4-5,10-15H2. The SMILES string of the molecule is O=C(c1cc([N+](=O)[O-])ccc1N1CCCCC1)N1CCC(c2c[nH]c3ccccc23)CC1. The van der Waals surface area contributed by atoms with Gasteiger partial charge in [0.15, 0.2) is 0 Å². The number of piperidine rings is 2. The zero-order valence-corrected chi connectivity index (χ0v) is 18.1. The average molecular weight is 433 g/mol. The number of para-hydroxylation sites is 1. The molecule has 5 rings (SSSR count). The number of nitrogens with one attached hydrogen (secondary N) is 1. The van der Waals surface area contributed by atoms with Crippen LogP contribution in [-0.2, 0) is 0 Å². The number of carbonyl (C=O) groups excluding carboxylic acids is 1. The number of rotatable bonds is 4. The number of hydrogen-bond acceptors (Lipinski definition) is 4. The van der Waals surface area contributed by atoms with Gasteiger partial charge in [-0.25, -0.2) is 0 Å². The Labute approximate surface area is 187 Å². The maximum atomic E-state index is 13.5. The highest BCUT2D eigenvalue weighted by molar-refractivity contribution is 6.00. The summed E-state index contributed by atoms with van der Waals surface area (Å²) < 4.78 is 0. The summed E-state index contributed by atoms with van der Waals surface area (Å²) in [5.74, 6) is 0.313. The van der Waals surface area contributed by atoms with E-state index in [2.05, 4.69) is 34.3 Å². The summed E-state index contributed by atoms with van der Waals surface area (Å²) in [5.41, 5.74) is 3.73. The van der Waals surface area contributed by atoms with Gasteiger partial charge in [-0.3, -0.25) is 14.9 Å². The summed E-state index contributed by atoms with van der Waals surface area (Å²) in [6.07, 6.45) is 7.24. The van der Waals surface area contributed by atoms with E-state index in [-0.39, 0.29) is 11.6 Å². The first kappa shape index (κ1) is 20.5. The number of aromatic nitrogens is 1. The molecule has 7 heteroatoms. The number of anilines is 1. The number of likely N-dealkylation sites (tertiary alicyclic amines) is 1. The van der Waals surface area contributed by atoms with Gasteiger partial charge in [-0.1, -0.05) is 18.2 Å². The van der Waals surface area contributed by atoms with Gasteiger partial charge in [0.2, 0.25) is 0 Å². The van der Waals surface area contributed by atoms with E-state index in [1.165, 1.54) is 29.5 Å². The molecule has 0 saturated carbocycles. The Hall–Kier alpha value is -3.35. The van der Waals surface area contributed by atoms with Gasteiger partial charge >= 0.3 is 0 Å². The largest absolute Gasteiger partial charge is 0.371 e. The number of nitro groups is 1. The van der Waals surface area contributed by atoms with E-state index in [1.807, 2.05) is 11.0 Å². The molecule has 7 nitrogen and oxygen atoms in total. The van der Waals surface area contributed by atoms with Crippen LogP contribution in [0, 0.1) is 10.1 Å². The van der Waals surface area contributed by atoms with Gasteiger partial charge in [0.1, 0.15) is 0 Å². The third-order valence-corrected chi connectivity index (χ3v) is 6.96. The molecule has 2 aromatic carbocycles. The Balaban J connectivity index is 1.36.